The number of sulfone groups is 1. The maximum atomic E-state index is 11.8. The van der Waals surface area contributed by atoms with Crippen LogP contribution in [-0.2, 0) is 21.9 Å². The molecule has 0 bridgehead atoms. The first-order chi connectivity index (χ1) is 16.0. The lowest BCUT2D eigenvalue weighted by Crippen LogP contribution is -2.19. The van der Waals surface area contributed by atoms with Gasteiger partial charge >= 0.3 is 0 Å². The van der Waals surface area contributed by atoms with Crippen molar-refractivity contribution in [2.45, 2.75) is 30.9 Å². The summed E-state index contributed by atoms with van der Waals surface area (Å²) in [6.45, 7) is 4.02. The fourth-order valence-corrected chi connectivity index (χ4v) is 4.73. The third kappa shape index (κ3) is 5.61. The average molecular weight is 544 g/mol. The van der Waals surface area contributed by atoms with Crippen molar-refractivity contribution < 1.29 is 22.3 Å². The van der Waals surface area contributed by atoms with Gasteiger partial charge in [-0.25, -0.2) is 13.4 Å². The Hall–Kier alpha value is -2.44. The molecule has 0 radical (unpaired) electrons. The van der Waals surface area contributed by atoms with Gasteiger partial charge in [0, 0.05) is 11.7 Å². The van der Waals surface area contributed by atoms with E-state index in [0.717, 1.165) is 23.8 Å². The first kappa shape index (κ1) is 26.2. The summed E-state index contributed by atoms with van der Waals surface area (Å²) in [5.41, 5.74) is 1.33. The monoisotopic (exact) mass is 542 g/mol. The summed E-state index contributed by atoms with van der Waals surface area (Å²) in [6, 6.07) is 10.8. The highest BCUT2D eigenvalue weighted by Crippen LogP contribution is 2.41. The molecule has 11 heteroatoms. The average Bonchev–Trinajstić information content (AvgIpc) is 3.26. The minimum atomic E-state index is -3.57. The molecular formula is C23H21Cl3N2O5S. The number of rotatable bonds is 9. The van der Waals surface area contributed by atoms with Gasteiger partial charge in [-0.05, 0) is 35.4 Å². The van der Waals surface area contributed by atoms with Crippen molar-refractivity contribution >= 4 is 44.6 Å². The highest BCUT2D eigenvalue weighted by molar-refractivity contribution is 7.90. The molecule has 1 heterocycles. The van der Waals surface area contributed by atoms with Gasteiger partial charge in [-0.3, -0.25) is 0 Å². The van der Waals surface area contributed by atoms with Crippen molar-refractivity contribution in [3.05, 3.63) is 69.2 Å². The Kier molecular flexibility index (Phi) is 8.04. The number of hydrogen-bond donors (Lipinski definition) is 0. The van der Waals surface area contributed by atoms with Gasteiger partial charge in [0.1, 0.15) is 25.0 Å². The zero-order valence-electron chi connectivity index (χ0n) is 18.6. The predicted molar refractivity (Wildman–Crippen MR) is 130 cm³/mol. The van der Waals surface area contributed by atoms with E-state index in [1.54, 1.807) is 24.3 Å². The molecule has 0 aliphatic rings. The van der Waals surface area contributed by atoms with Gasteiger partial charge in [0.05, 0.1) is 21.5 Å². The van der Waals surface area contributed by atoms with Crippen LogP contribution in [0.3, 0.4) is 0 Å². The summed E-state index contributed by atoms with van der Waals surface area (Å²) in [5.74, 6) is 0.998. The SMILES string of the molecule is CC(C)(c1cc(Cl)c(OCCCl)c(Cl)c1)c1ccc(OCc2ocnc2S(C)(=O)=O)c(C#N)c1. The van der Waals surface area contributed by atoms with E-state index in [0.29, 0.717) is 21.7 Å². The van der Waals surface area contributed by atoms with E-state index in [2.05, 4.69) is 11.1 Å². The Morgan fingerprint density at radius 2 is 1.79 bits per heavy atom. The maximum absolute atomic E-state index is 11.8. The van der Waals surface area contributed by atoms with E-state index in [1.807, 2.05) is 19.9 Å². The molecule has 34 heavy (non-hydrogen) atoms. The molecule has 0 atom stereocenters. The quantitative estimate of drug-likeness (QED) is 0.315. The number of hydrogen-bond acceptors (Lipinski definition) is 7. The molecule has 0 fully saturated rings. The topological polar surface area (TPSA) is 102 Å². The largest absolute Gasteiger partial charge is 0.489 e. The minimum absolute atomic E-state index is 0.0524. The zero-order chi connectivity index (χ0) is 25.1. The molecule has 180 valence electrons. The van der Waals surface area contributed by atoms with Crippen molar-refractivity contribution in [1.29, 1.82) is 5.26 Å². The van der Waals surface area contributed by atoms with Crippen LogP contribution in [0.4, 0.5) is 0 Å². The summed E-state index contributed by atoms with van der Waals surface area (Å²) in [7, 11) is -3.57. The Morgan fingerprint density at radius 1 is 1.12 bits per heavy atom. The molecule has 0 spiro atoms. The molecule has 0 saturated carbocycles. The van der Waals surface area contributed by atoms with Gasteiger partial charge < -0.3 is 13.9 Å². The van der Waals surface area contributed by atoms with Gasteiger partial charge in [0.2, 0.25) is 0 Å². The van der Waals surface area contributed by atoms with Crippen molar-refractivity contribution in [3.8, 4) is 17.6 Å². The highest BCUT2D eigenvalue weighted by atomic mass is 35.5. The number of ether oxygens (including phenoxy) is 2. The predicted octanol–water partition coefficient (Wildman–Crippen LogP) is 5.78. The van der Waals surface area contributed by atoms with Crippen LogP contribution in [-0.4, -0.2) is 32.1 Å². The fourth-order valence-electron chi connectivity index (χ4n) is 3.30. The van der Waals surface area contributed by atoms with Gasteiger partial charge in [0.25, 0.3) is 0 Å². The molecule has 3 rings (SSSR count). The minimum Gasteiger partial charge on any atom is -0.489 e. The third-order valence-corrected chi connectivity index (χ3v) is 6.93. The highest BCUT2D eigenvalue weighted by Gasteiger charge is 2.27. The number of halogens is 3. The third-order valence-electron chi connectivity index (χ3n) is 5.18. The summed E-state index contributed by atoms with van der Waals surface area (Å²) in [5, 5.41) is 10.2. The number of aromatic nitrogens is 1. The Bertz CT molecular complexity index is 1320. The lowest BCUT2D eigenvalue weighted by atomic mass is 9.77. The summed E-state index contributed by atoms with van der Waals surface area (Å²) < 4.78 is 39.9. The lowest BCUT2D eigenvalue weighted by molar-refractivity contribution is 0.264. The standard InChI is InChI=1S/C23H21Cl3N2O5S/c1-23(2,16-9-17(25)21(18(26)10-16)31-7-6-24)15-4-5-19(14(8-15)11-27)32-12-20-22(28-13-33-20)34(3,29)30/h4-5,8-10,13H,6-7,12H2,1-3H3. The molecular weight excluding hydrogens is 523 g/mol. The maximum Gasteiger partial charge on any atom is 0.200 e. The molecule has 0 N–H and O–H groups in total. The molecule has 3 aromatic rings. The first-order valence-electron chi connectivity index (χ1n) is 9.97. The van der Waals surface area contributed by atoms with Crippen LogP contribution in [0.1, 0.15) is 36.3 Å². The van der Waals surface area contributed by atoms with Gasteiger partial charge in [-0.2, -0.15) is 5.26 Å². The number of alkyl halides is 1. The number of benzene rings is 2. The number of nitriles is 1. The molecule has 0 aliphatic carbocycles. The molecule has 7 nitrogen and oxygen atoms in total. The van der Waals surface area contributed by atoms with E-state index < -0.39 is 15.3 Å². The Labute approximate surface area is 213 Å². The van der Waals surface area contributed by atoms with Crippen molar-refractivity contribution in [2.24, 2.45) is 0 Å². The van der Waals surface area contributed by atoms with Crippen molar-refractivity contribution in [3.63, 3.8) is 0 Å². The normalized spacial score (nSPS) is 11.8. The van der Waals surface area contributed by atoms with E-state index >= 15 is 0 Å². The summed E-state index contributed by atoms with van der Waals surface area (Å²) in [4.78, 5) is 3.72. The van der Waals surface area contributed by atoms with Crippen LogP contribution in [0, 0.1) is 11.3 Å². The van der Waals surface area contributed by atoms with Gasteiger partial charge in [-0.15, -0.1) is 11.6 Å². The van der Waals surface area contributed by atoms with Crippen LogP contribution in [0.2, 0.25) is 10.0 Å². The molecule has 1 aromatic heterocycles. The van der Waals surface area contributed by atoms with E-state index in [9.17, 15) is 13.7 Å². The number of nitrogens with zero attached hydrogens (tertiary/aromatic N) is 2. The molecule has 0 aliphatic heterocycles. The van der Waals surface area contributed by atoms with E-state index in [-0.39, 0.29) is 35.3 Å². The Morgan fingerprint density at radius 3 is 2.38 bits per heavy atom. The first-order valence-corrected chi connectivity index (χ1v) is 13.1. The van der Waals surface area contributed by atoms with E-state index in [4.69, 9.17) is 48.7 Å². The van der Waals surface area contributed by atoms with Crippen molar-refractivity contribution in [1.82, 2.24) is 4.98 Å². The van der Waals surface area contributed by atoms with Gasteiger partial charge in [0.15, 0.2) is 32.8 Å². The summed E-state index contributed by atoms with van der Waals surface area (Å²) >= 11 is 18.5. The second-order valence-corrected chi connectivity index (χ2v) is 11.0. The fraction of sp³-hybridized carbons (Fsp3) is 0.304. The Balaban J connectivity index is 1.89. The second-order valence-electron chi connectivity index (χ2n) is 7.90. The van der Waals surface area contributed by atoms with Crippen molar-refractivity contribution in [2.75, 3.05) is 18.7 Å². The lowest BCUT2D eigenvalue weighted by Gasteiger charge is -2.27. The summed E-state index contributed by atoms with van der Waals surface area (Å²) in [6.07, 6.45) is 2.06. The van der Waals surface area contributed by atoms with Crippen LogP contribution in [0.15, 0.2) is 46.2 Å². The zero-order valence-corrected chi connectivity index (χ0v) is 21.6. The van der Waals surface area contributed by atoms with Gasteiger partial charge in [-0.1, -0.05) is 43.1 Å². The number of oxazole rings is 1. The molecule has 0 amide bonds. The van der Waals surface area contributed by atoms with E-state index in [1.165, 1.54) is 0 Å². The molecule has 0 saturated heterocycles. The van der Waals surface area contributed by atoms with Crippen LogP contribution in [0.25, 0.3) is 0 Å². The molecule has 0 unspecified atom stereocenters. The smallest absolute Gasteiger partial charge is 0.200 e. The molecule has 2 aromatic carbocycles. The van der Waals surface area contributed by atoms with Crippen LogP contribution < -0.4 is 9.47 Å². The van der Waals surface area contributed by atoms with Crippen LogP contribution >= 0.6 is 34.8 Å². The van der Waals surface area contributed by atoms with Crippen LogP contribution in [0.5, 0.6) is 11.5 Å². The second kappa shape index (κ2) is 10.4.